The number of carbonyl (C=O) groups excluding carboxylic acids is 1. The second kappa shape index (κ2) is 10.2. The van der Waals surface area contributed by atoms with E-state index in [4.69, 9.17) is 55.2 Å². The number of aromatic nitrogens is 4. The summed E-state index contributed by atoms with van der Waals surface area (Å²) in [7, 11) is 0. The molecule has 192 valence electrons. The van der Waals surface area contributed by atoms with E-state index in [1.807, 2.05) is 0 Å². The van der Waals surface area contributed by atoms with Crippen molar-refractivity contribution in [1.29, 1.82) is 0 Å². The second-order valence-corrected chi connectivity index (χ2v) is 11.0. The van der Waals surface area contributed by atoms with Gasteiger partial charge in [0.05, 0.1) is 21.9 Å². The third-order valence-electron chi connectivity index (χ3n) is 7.20. The molecule has 1 aromatic carbocycles. The van der Waals surface area contributed by atoms with Crippen molar-refractivity contribution in [2.24, 2.45) is 11.7 Å². The van der Waals surface area contributed by atoms with Gasteiger partial charge in [0.1, 0.15) is 5.52 Å². The Morgan fingerprint density at radius 3 is 2.42 bits per heavy atom. The Morgan fingerprint density at radius 1 is 1.11 bits per heavy atom. The molecule has 3 aromatic rings. The number of ether oxygens (including phenoxy) is 1. The number of halogens is 3. The molecule has 1 saturated heterocycles. The fourth-order valence-electron chi connectivity index (χ4n) is 5.08. The van der Waals surface area contributed by atoms with E-state index in [0.29, 0.717) is 69.9 Å². The van der Waals surface area contributed by atoms with Gasteiger partial charge in [0.2, 0.25) is 17.8 Å². The lowest BCUT2D eigenvalue weighted by Crippen LogP contribution is -2.38. The third-order valence-corrected chi connectivity index (χ3v) is 8.02. The fourth-order valence-corrected chi connectivity index (χ4v) is 6.00. The van der Waals surface area contributed by atoms with Gasteiger partial charge in [0.25, 0.3) is 0 Å². The van der Waals surface area contributed by atoms with E-state index in [-0.39, 0.29) is 23.4 Å². The molecule has 5 rings (SSSR count). The lowest BCUT2D eigenvalue weighted by molar-refractivity contribution is -0.123. The molecule has 0 radical (unpaired) electrons. The maximum absolute atomic E-state index is 11.8. The minimum absolute atomic E-state index is 0.134. The molecule has 3 heterocycles. The zero-order chi connectivity index (χ0) is 25.4. The highest BCUT2D eigenvalue weighted by Crippen LogP contribution is 2.43. The average molecular weight is 553 g/mol. The Hall–Kier alpha value is -2.33. The van der Waals surface area contributed by atoms with Crippen LogP contribution in [0.1, 0.15) is 45.4 Å². The summed E-state index contributed by atoms with van der Waals surface area (Å²) in [5.41, 5.74) is 7.05. The van der Waals surface area contributed by atoms with Crippen LogP contribution >= 0.6 is 34.8 Å². The Labute approximate surface area is 224 Å². The second-order valence-electron chi connectivity index (χ2n) is 9.75. The van der Waals surface area contributed by atoms with Gasteiger partial charge < -0.3 is 21.1 Å². The van der Waals surface area contributed by atoms with Gasteiger partial charge in [-0.1, -0.05) is 34.8 Å². The third kappa shape index (κ3) is 5.07. The number of anilines is 3. The minimum Gasteiger partial charge on any atom is -0.381 e. The quantitative estimate of drug-likeness (QED) is 0.369. The van der Waals surface area contributed by atoms with Crippen LogP contribution in [-0.4, -0.2) is 44.7 Å². The fraction of sp³-hybridized carbons (Fsp3) is 0.500. The van der Waals surface area contributed by atoms with Crippen LogP contribution in [0.25, 0.3) is 11.2 Å². The van der Waals surface area contributed by atoms with Gasteiger partial charge in [-0.25, -0.2) is 9.97 Å². The molecule has 1 saturated carbocycles. The predicted octanol–water partition coefficient (Wildman–Crippen LogP) is 5.51. The molecule has 4 N–H and O–H groups in total. The van der Waals surface area contributed by atoms with Gasteiger partial charge in [-0.05, 0) is 57.6 Å². The zero-order valence-corrected chi connectivity index (χ0v) is 22.1. The van der Waals surface area contributed by atoms with Crippen LogP contribution in [0, 0.1) is 5.92 Å². The van der Waals surface area contributed by atoms with E-state index >= 15 is 0 Å². The van der Waals surface area contributed by atoms with Crippen LogP contribution in [0.4, 0.5) is 17.6 Å². The Kier molecular flexibility index (Phi) is 7.18. The molecule has 0 spiro atoms. The van der Waals surface area contributed by atoms with Crippen LogP contribution in [0.3, 0.4) is 0 Å². The van der Waals surface area contributed by atoms with Crippen LogP contribution < -0.4 is 16.4 Å². The van der Waals surface area contributed by atoms with Gasteiger partial charge in [-0.15, -0.1) is 0 Å². The van der Waals surface area contributed by atoms with E-state index in [2.05, 4.69) is 27.1 Å². The molecule has 12 heteroatoms. The number of fused-ring (bicyclic) bond motifs is 1. The van der Waals surface area contributed by atoms with Gasteiger partial charge in [0, 0.05) is 35.7 Å². The number of nitrogens with zero attached hydrogens (tertiary/aromatic N) is 4. The average Bonchev–Trinajstić information content (AvgIpc) is 3.20. The Morgan fingerprint density at radius 2 is 1.78 bits per heavy atom. The summed E-state index contributed by atoms with van der Waals surface area (Å²) in [5.74, 6) is 0.688. The normalized spacial score (nSPS) is 23.1. The summed E-state index contributed by atoms with van der Waals surface area (Å²) in [6.45, 7) is 3.58. The number of carbonyl (C=O) groups is 1. The smallest absolute Gasteiger partial charge is 0.224 e. The zero-order valence-electron chi connectivity index (χ0n) is 19.9. The van der Waals surface area contributed by atoms with E-state index in [9.17, 15) is 4.79 Å². The molecular weight excluding hydrogens is 525 g/mol. The highest BCUT2D eigenvalue weighted by Gasteiger charge is 2.38. The molecule has 1 aliphatic heterocycles. The van der Waals surface area contributed by atoms with Gasteiger partial charge in [-0.2, -0.15) is 4.98 Å². The molecule has 1 aliphatic carbocycles. The van der Waals surface area contributed by atoms with Gasteiger partial charge >= 0.3 is 0 Å². The van der Waals surface area contributed by atoms with Crippen molar-refractivity contribution in [3.05, 3.63) is 33.4 Å². The number of imidazole rings is 1. The van der Waals surface area contributed by atoms with E-state index < -0.39 is 0 Å². The molecule has 0 atom stereocenters. The van der Waals surface area contributed by atoms with E-state index in [1.54, 1.807) is 18.3 Å². The number of hydrogen-bond acceptors (Lipinski definition) is 7. The predicted molar refractivity (Wildman–Crippen MR) is 142 cm³/mol. The van der Waals surface area contributed by atoms with Crippen molar-refractivity contribution in [1.82, 2.24) is 19.5 Å². The molecule has 0 unspecified atom stereocenters. The molecule has 2 aliphatic rings. The molecule has 1 amide bonds. The highest BCUT2D eigenvalue weighted by atomic mass is 35.5. The first-order valence-electron chi connectivity index (χ1n) is 12.0. The van der Waals surface area contributed by atoms with Crippen LogP contribution in [0.5, 0.6) is 0 Å². The number of nitrogens with one attached hydrogen (secondary N) is 2. The lowest BCUT2D eigenvalue weighted by Gasteiger charge is -2.38. The molecule has 36 heavy (non-hydrogen) atoms. The standard InChI is InChI=1S/C24H28Cl3N7O2/c1-24(6-2-13(3-7-24)20(28)35)34-21-18(12-29-22(33-21)30-15-4-8-36-9-5-15)31-23(34)32-19-16(26)10-14(25)11-17(19)27/h10-13,15H,2-9H2,1H3,(H2,28,35)(H,31,32)(H,29,30,33)/t13-,24-. The summed E-state index contributed by atoms with van der Waals surface area (Å²) in [6, 6.07) is 3.50. The van der Waals surface area contributed by atoms with Crippen molar-refractivity contribution in [3.63, 3.8) is 0 Å². The number of rotatable bonds is 6. The van der Waals surface area contributed by atoms with Gasteiger partial charge in [-0.3, -0.25) is 9.36 Å². The highest BCUT2D eigenvalue weighted by molar-refractivity contribution is 6.41. The van der Waals surface area contributed by atoms with Crippen LogP contribution in [0.2, 0.25) is 15.1 Å². The van der Waals surface area contributed by atoms with E-state index in [1.165, 1.54) is 0 Å². The molecule has 0 bridgehead atoms. The number of nitrogens with two attached hydrogens (primary N) is 1. The summed E-state index contributed by atoms with van der Waals surface area (Å²) in [4.78, 5) is 26.0. The van der Waals surface area contributed by atoms with Gasteiger partial charge in [0.15, 0.2) is 5.65 Å². The first-order chi connectivity index (χ1) is 17.2. The Bertz CT molecular complexity index is 1260. The summed E-state index contributed by atoms with van der Waals surface area (Å²) in [6.07, 6.45) is 6.35. The van der Waals surface area contributed by atoms with Crippen molar-refractivity contribution < 1.29 is 9.53 Å². The largest absolute Gasteiger partial charge is 0.381 e. The minimum atomic E-state index is -0.376. The van der Waals surface area contributed by atoms with Crippen LogP contribution in [0.15, 0.2) is 18.3 Å². The molecule has 2 aromatic heterocycles. The maximum atomic E-state index is 11.8. The first-order valence-corrected chi connectivity index (χ1v) is 13.2. The van der Waals surface area contributed by atoms with Crippen molar-refractivity contribution in [2.45, 2.75) is 57.0 Å². The van der Waals surface area contributed by atoms with Crippen molar-refractivity contribution in [2.75, 3.05) is 23.8 Å². The topological polar surface area (TPSA) is 120 Å². The monoisotopic (exact) mass is 551 g/mol. The van der Waals surface area contributed by atoms with Crippen molar-refractivity contribution in [3.8, 4) is 0 Å². The number of primary amides is 1. The summed E-state index contributed by atoms with van der Waals surface area (Å²) < 4.78 is 7.55. The molecule has 2 fully saturated rings. The lowest BCUT2D eigenvalue weighted by atomic mass is 9.77. The maximum Gasteiger partial charge on any atom is 0.224 e. The van der Waals surface area contributed by atoms with E-state index in [0.717, 1.165) is 25.7 Å². The SMILES string of the molecule is C[C@]1(n2c(Nc3c(Cl)cc(Cl)cc3Cl)nc3cnc(NC4CCOCC4)nc32)CC[C@H](C(N)=O)CC1. The van der Waals surface area contributed by atoms with Crippen molar-refractivity contribution >= 4 is 69.5 Å². The van der Waals surface area contributed by atoms with Crippen LogP contribution in [-0.2, 0) is 15.1 Å². The Balaban J connectivity index is 1.57. The summed E-state index contributed by atoms with van der Waals surface area (Å²) in [5, 5.41) is 7.95. The summed E-state index contributed by atoms with van der Waals surface area (Å²) >= 11 is 19.1. The number of benzene rings is 1. The molecular formula is C24H28Cl3N7O2. The number of amides is 1. The number of hydrogen-bond donors (Lipinski definition) is 3. The first kappa shape index (κ1) is 25.3. The molecule has 9 nitrogen and oxygen atoms in total.